The summed E-state index contributed by atoms with van der Waals surface area (Å²) in [6, 6.07) is 16.4. The summed E-state index contributed by atoms with van der Waals surface area (Å²) in [4.78, 5) is 29.7. The second kappa shape index (κ2) is 11.8. The Morgan fingerprint density at radius 3 is 2.06 bits per heavy atom. The summed E-state index contributed by atoms with van der Waals surface area (Å²) >= 11 is 0. The van der Waals surface area contributed by atoms with Crippen molar-refractivity contribution in [3.05, 3.63) is 54.6 Å². The molecular weight excluding hydrogens is 423 g/mol. The lowest BCUT2D eigenvalue weighted by Gasteiger charge is -2.23. The topological polar surface area (TPSA) is 140 Å². The number of hydrogen-bond donors (Lipinski definition) is 4. The molecule has 0 saturated heterocycles. The molecule has 0 unspecified atom stereocenters. The highest BCUT2D eigenvalue weighted by atomic mass is 31.2. The number of ether oxygens (including phenoxy) is 2. The number of unbranched alkanes of at least 4 members (excludes halogenated alkanes) is 2. The van der Waals surface area contributed by atoms with E-state index in [0.29, 0.717) is 24.7 Å². The van der Waals surface area contributed by atoms with Gasteiger partial charge in [0.05, 0.1) is 19.8 Å². The number of para-hydroxylation sites is 1. The van der Waals surface area contributed by atoms with Crippen LogP contribution < -0.4 is 20.5 Å². The molecule has 9 nitrogen and oxygen atoms in total. The second-order valence-electron chi connectivity index (χ2n) is 7.23. The highest BCUT2D eigenvalue weighted by Crippen LogP contribution is 2.36. The fourth-order valence-electron chi connectivity index (χ4n) is 2.47. The Balaban J connectivity index is 1.64. The summed E-state index contributed by atoms with van der Waals surface area (Å²) in [7, 11) is -4.71. The van der Waals surface area contributed by atoms with Crippen LogP contribution in [-0.2, 0) is 13.9 Å². The van der Waals surface area contributed by atoms with Gasteiger partial charge in [0, 0.05) is 5.69 Å². The van der Waals surface area contributed by atoms with Crippen molar-refractivity contribution in [1.82, 2.24) is 0 Å². The van der Waals surface area contributed by atoms with Gasteiger partial charge in [-0.3, -0.25) is 9.32 Å². The van der Waals surface area contributed by atoms with Crippen LogP contribution in [0.25, 0.3) is 0 Å². The zero-order valence-corrected chi connectivity index (χ0v) is 18.3. The van der Waals surface area contributed by atoms with E-state index in [4.69, 9.17) is 25.0 Å². The number of rotatable bonds is 13. The molecule has 31 heavy (non-hydrogen) atoms. The van der Waals surface area contributed by atoms with Crippen LogP contribution in [0.5, 0.6) is 11.5 Å². The number of nitrogens with two attached hydrogens (primary N) is 1. The molecule has 0 spiro atoms. The van der Waals surface area contributed by atoms with E-state index in [0.717, 1.165) is 25.0 Å². The molecule has 0 aliphatic carbocycles. The Kier molecular flexibility index (Phi) is 9.48. The van der Waals surface area contributed by atoms with E-state index >= 15 is 0 Å². The summed E-state index contributed by atoms with van der Waals surface area (Å²) in [6.07, 6.45) is 2.81. The van der Waals surface area contributed by atoms with Gasteiger partial charge in [0.15, 0.2) is 0 Å². The Morgan fingerprint density at radius 1 is 0.968 bits per heavy atom. The van der Waals surface area contributed by atoms with Crippen molar-refractivity contribution >= 4 is 19.4 Å². The summed E-state index contributed by atoms with van der Waals surface area (Å²) in [6.45, 7) is 1.93. The van der Waals surface area contributed by atoms with Crippen molar-refractivity contribution in [2.45, 2.75) is 31.7 Å². The standard InChI is InChI=1S/C21H29N2O7P/c1-21(22,16-30-31(25,26)27)20(24)23-17-10-12-19(13-11-17)29-15-7-3-6-14-28-18-8-4-2-5-9-18/h2,4-5,8-13H,3,6-7,14-16,22H2,1H3,(H,23,24)(H2,25,26,27)/t21-/m0/s1. The Labute approximate surface area is 181 Å². The van der Waals surface area contributed by atoms with Crippen LogP contribution in [0.15, 0.2) is 54.6 Å². The lowest BCUT2D eigenvalue weighted by molar-refractivity contribution is -0.121. The SMILES string of the molecule is C[C@](N)(COP(=O)(O)O)C(=O)Nc1ccc(OCCCCCOc2ccccc2)cc1. The number of amides is 1. The molecule has 0 aromatic heterocycles. The van der Waals surface area contributed by atoms with Crippen molar-refractivity contribution < 1.29 is 33.1 Å². The van der Waals surface area contributed by atoms with Gasteiger partial charge in [-0.1, -0.05) is 18.2 Å². The first-order chi connectivity index (χ1) is 14.7. The predicted octanol–water partition coefficient (Wildman–Crippen LogP) is 3.08. The second-order valence-corrected chi connectivity index (χ2v) is 8.47. The zero-order chi connectivity index (χ0) is 22.7. The molecule has 2 aromatic rings. The van der Waals surface area contributed by atoms with Gasteiger partial charge in [-0.05, 0) is 62.6 Å². The van der Waals surface area contributed by atoms with Gasteiger partial charge in [0.1, 0.15) is 17.0 Å². The number of anilines is 1. The quantitative estimate of drug-likeness (QED) is 0.268. The van der Waals surface area contributed by atoms with Crippen LogP contribution in [0.3, 0.4) is 0 Å². The number of benzene rings is 2. The van der Waals surface area contributed by atoms with Crippen molar-refractivity contribution in [2.24, 2.45) is 5.73 Å². The Bertz CT molecular complexity index is 854. The van der Waals surface area contributed by atoms with Crippen LogP contribution in [0.1, 0.15) is 26.2 Å². The average Bonchev–Trinajstić information content (AvgIpc) is 2.73. The summed E-state index contributed by atoms with van der Waals surface area (Å²) in [5.41, 5.74) is 4.64. The normalized spacial score (nSPS) is 13.3. The van der Waals surface area contributed by atoms with Crippen molar-refractivity contribution in [3.8, 4) is 11.5 Å². The minimum absolute atomic E-state index is 0.475. The third-order valence-electron chi connectivity index (χ3n) is 4.23. The molecule has 5 N–H and O–H groups in total. The maximum Gasteiger partial charge on any atom is 0.469 e. The Hall–Kier alpha value is -2.42. The Morgan fingerprint density at radius 2 is 1.52 bits per heavy atom. The highest BCUT2D eigenvalue weighted by molar-refractivity contribution is 7.46. The zero-order valence-electron chi connectivity index (χ0n) is 17.4. The molecule has 10 heteroatoms. The van der Waals surface area contributed by atoms with Crippen LogP contribution >= 0.6 is 7.82 Å². The number of carbonyl (C=O) groups is 1. The van der Waals surface area contributed by atoms with E-state index in [9.17, 15) is 9.36 Å². The minimum Gasteiger partial charge on any atom is -0.494 e. The van der Waals surface area contributed by atoms with Crippen molar-refractivity contribution in [2.75, 3.05) is 25.1 Å². The van der Waals surface area contributed by atoms with Gasteiger partial charge in [-0.15, -0.1) is 0 Å². The first-order valence-corrected chi connectivity index (χ1v) is 11.4. The molecular formula is C21H29N2O7P. The van der Waals surface area contributed by atoms with Crippen molar-refractivity contribution in [3.63, 3.8) is 0 Å². The molecule has 170 valence electrons. The lowest BCUT2D eigenvalue weighted by atomic mass is 10.0. The summed E-state index contributed by atoms with van der Waals surface area (Å²) in [5, 5.41) is 2.58. The first kappa shape index (κ1) is 24.8. The molecule has 2 aromatic carbocycles. The van der Waals surface area contributed by atoms with E-state index < -0.39 is 25.9 Å². The molecule has 0 aliphatic rings. The first-order valence-electron chi connectivity index (χ1n) is 9.87. The molecule has 1 amide bonds. The number of carbonyl (C=O) groups excluding carboxylic acids is 1. The maximum atomic E-state index is 12.2. The van der Waals surface area contributed by atoms with E-state index in [1.807, 2.05) is 30.3 Å². The number of phosphoric acid groups is 1. The number of phosphoric ester groups is 1. The minimum atomic E-state index is -4.71. The average molecular weight is 452 g/mol. The van der Waals surface area contributed by atoms with Gasteiger partial charge in [-0.25, -0.2) is 4.57 Å². The summed E-state index contributed by atoms with van der Waals surface area (Å²) < 4.78 is 26.4. The van der Waals surface area contributed by atoms with Crippen LogP contribution in [-0.4, -0.2) is 41.1 Å². The molecule has 2 rings (SSSR count). The number of hydrogen-bond acceptors (Lipinski definition) is 6. The molecule has 0 saturated carbocycles. The monoisotopic (exact) mass is 452 g/mol. The van der Waals surface area contributed by atoms with Crippen LogP contribution in [0.2, 0.25) is 0 Å². The van der Waals surface area contributed by atoms with Gasteiger partial charge in [0.2, 0.25) is 5.91 Å². The molecule has 1 atom stereocenters. The van der Waals surface area contributed by atoms with E-state index in [1.165, 1.54) is 6.92 Å². The summed E-state index contributed by atoms with van der Waals surface area (Å²) in [5.74, 6) is 0.904. The van der Waals surface area contributed by atoms with Gasteiger partial charge in [-0.2, -0.15) is 0 Å². The predicted molar refractivity (Wildman–Crippen MR) is 117 cm³/mol. The number of nitrogens with one attached hydrogen (secondary N) is 1. The van der Waals surface area contributed by atoms with Gasteiger partial charge >= 0.3 is 7.82 Å². The highest BCUT2D eigenvalue weighted by Gasteiger charge is 2.32. The third kappa shape index (κ3) is 9.95. The fourth-order valence-corrected chi connectivity index (χ4v) is 2.91. The van der Waals surface area contributed by atoms with E-state index in [1.54, 1.807) is 24.3 Å². The lowest BCUT2D eigenvalue weighted by Crippen LogP contribution is -2.52. The maximum absolute atomic E-state index is 12.2. The van der Waals surface area contributed by atoms with Crippen LogP contribution in [0, 0.1) is 0 Å². The van der Waals surface area contributed by atoms with E-state index in [-0.39, 0.29) is 0 Å². The molecule has 0 radical (unpaired) electrons. The van der Waals surface area contributed by atoms with Gasteiger partial charge in [0.25, 0.3) is 0 Å². The van der Waals surface area contributed by atoms with E-state index in [2.05, 4.69) is 9.84 Å². The van der Waals surface area contributed by atoms with Gasteiger partial charge < -0.3 is 30.3 Å². The smallest absolute Gasteiger partial charge is 0.469 e. The molecule has 0 heterocycles. The molecule has 0 bridgehead atoms. The third-order valence-corrected chi connectivity index (χ3v) is 4.70. The molecule has 0 fully saturated rings. The van der Waals surface area contributed by atoms with Crippen LogP contribution in [0.4, 0.5) is 5.69 Å². The van der Waals surface area contributed by atoms with Crippen molar-refractivity contribution in [1.29, 1.82) is 0 Å². The largest absolute Gasteiger partial charge is 0.494 e. The molecule has 0 aliphatic heterocycles. The fraction of sp³-hybridized carbons (Fsp3) is 0.381.